The van der Waals surface area contributed by atoms with E-state index in [-0.39, 0.29) is 11.9 Å². The highest BCUT2D eigenvalue weighted by Gasteiger charge is 2.34. The van der Waals surface area contributed by atoms with Gasteiger partial charge in [-0.15, -0.1) is 11.3 Å². The first kappa shape index (κ1) is 14.9. The molecule has 1 atom stereocenters. The van der Waals surface area contributed by atoms with Crippen LogP contribution in [0.25, 0.3) is 6.08 Å². The Morgan fingerprint density at radius 1 is 1.23 bits per heavy atom. The minimum absolute atomic E-state index is 0.0765. The number of aryl methyl sites for hydroxylation is 1. The average molecular weight is 328 g/mol. The number of hydrogen-bond acceptors (Lipinski definition) is 3. The summed E-state index contributed by atoms with van der Waals surface area (Å²) < 4.78 is 0. The van der Waals surface area contributed by atoms with Crippen LogP contribution >= 0.6 is 23.6 Å². The number of thiophene rings is 1. The molecule has 0 saturated carbocycles. The molecule has 2 aromatic rings. The van der Waals surface area contributed by atoms with Crippen molar-refractivity contribution in [1.82, 2.24) is 10.2 Å². The topological polar surface area (TPSA) is 32.3 Å². The second-order valence-corrected chi connectivity index (χ2v) is 6.90. The maximum atomic E-state index is 12.7. The van der Waals surface area contributed by atoms with Gasteiger partial charge in [-0.1, -0.05) is 30.3 Å². The molecule has 1 saturated heterocycles. The van der Waals surface area contributed by atoms with Crippen molar-refractivity contribution in [1.29, 1.82) is 0 Å². The summed E-state index contributed by atoms with van der Waals surface area (Å²) in [5.74, 6) is -0.0765. The van der Waals surface area contributed by atoms with Gasteiger partial charge < -0.3 is 5.32 Å². The van der Waals surface area contributed by atoms with Gasteiger partial charge in [-0.05, 0) is 49.8 Å². The first-order chi connectivity index (χ1) is 10.6. The van der Waals surface area contributed by atoms with Gasteiger partial charge in [-0.2, -0.15) is 0 Å². The van der Waals surface area contributed by atoms with Crippen molar-refractivity contribution in [2.75, 3.05) is 0 Å². The first-order valence-electron chi connectivity index (χ1n) is 7.04. The molecule has 112 valence electrons. The largest absolute Gasteiger partial charge is 0.328 e. The lowest BCUT2D eigenvalue weighted by molar-refractivity contribution is -0.123. The molecule has 1 aliphatic rings. The zero-order valence-corrected chi connectivity index (χ0v) is 14.0. The fourth-order valence-corrected chi connectivity index (χ4v) is 3.63. The lowest BCUT2D eigenvalue weighted by Crippen LogP contribution is -2.33. The van der Waals surface area contributed by atoms with Crippen LogP contribution in [0.3, 0.4) is 0 Å². The lowest BCUT2D eigenvalue weighted by Gasteiger charge is -2.23. The molecule has 1 amide bonds. The smallest absolute Gasteiger partial charge is 0.277 e. The molecule has 1 fully saturated rings. The summed E-state index contributed by atoms with van der Waals surface area (Å²) >= 11 is 7.00. The van der Waals surface area contributed by atoms with E-state index in [1.54, 1.807) is 16.2 Å². The van der Waals surface area contributed by atoms with E-state index >= 15 is 0 Å². The molecule has 5 heteroatoms. The van der Waals surface area contributed by atoms with E-state index in [9.17, 15) is 4.79 Å². The Kier molecular flexibility index (Phi) is 4.09. The molecule has 0 aliphatic carbocycles. The van der Waals surface area contributed by atoms with Crippen LogP contribution in [0.1, 0.15) is 28.3 Å². The van der Waals surface area contributed by atoms with Gasteiger partial charge in [0.25, 0.3) is 5.91 Å². The van der Waals surface area contributed by atoms with Crippen molar-refractivity contribution in [2.45, 2.75) is 19.9 Å². The Balaban J connectivity index is 1.87. The second kappa shape index (κ2) is 6.02. The van der Waals surface area contributed by atoms with Gasteiger partial charge in [-0.25, -0.2) is 0 Å². The maximum absolute atomic E-state index is 12.7. The molecule has 1 aliphatic heterocycles. The van der Waals surface area contributed by atoms with Crippen LogP contribution < -0.4 is 5.32 Å². The SMILES string of the molecule is Cc1ccc(/C=C2\NC(=S)N(C(C)c3ccccc3)C2=O)s1. The highest BCUT2D eigenvalue weighted by Crippen LogP contribution is 2.27. The summed E-state index contributed by atoms with van der Waals surface area (Å²) in [5.41, 5.74) is 1.60. The fourth-order valence-electron chi connectivity index (χ4n) is 2.45. The molecule has 0 radical (unpaired) electrons. The van der Waals surface area contributed by atoms with E-state index in [1.807, 2.05) is 62.4 Å². The molecular formula is C17H16N2OS2. The van der Waals surface area contributed by atoms with Crippen LogP contribution in [-0.2, 0) is 4.79 Å². The first-order valence-corrected chi connectivity index (χ1v) is 8.26. The Labute approximate surface area is 139 Å². The van der Waals surface area contributed by atoms with Crippen LogP contribution in [0, 0.1) is 6.92 Å². The summed E-state index contributed by atoms with van der Waals surface area (Å²) in [6.07, 6.45) is 1.87. The third-order valence-corrected chi connectivity index (χ3v) is 4.87. The third-order valence-electron chi connectivity index (χ3n) is 3.63. The number of nitrogens with zero attached hydrogens (tertiary/aromatic N) is 1. The number of rotatable bonds is 3. The van der Waals surface area contributed by atoms with Crippen molar-refractivity contribution < 1.29 is 4.79 Å². The zero-order chi connectivity index (χ0) is 15.7. The summed E-state index contributed by atoms with van der Waals surface area (Å²) in [5, 5.41) is 3.50. The Bertz CT molecular complexity index is 749. The number of hydrogen-bond donors (Lipinski definition) is 1. The van der Waals surface area contributed by atoms with E-state index in [0.29, 0.717) is 10.8 Å². The molecule has 22 heavy (non-hydrogen) atoms. The average Bonchev–Trinajstić information content (AvgIpc) is 3.03. The van der Waals surface area contributed by atoms with Crippen molar-refractivity contribution in [3.05, 3.63) is 63.5 Å². The van der Waals surface area contributed by atoms with Gasteiger partial charge in [-0.3, -0.25) is 9.69 Å². The van der Waals surface area contributed by atoms with Crippen LogP contribution in [0.4, 0.5) is 0 Å². The Hall–Kier alpha value is -1.98. The van der Waals surface area contributed by atoms with Crippen LogP contribution in [0.5, 0.6) is 0 Å². The van der Waals surface area contributed by atoms with Gasteiger partial charge in [0.2, 0.25) is 0 Å². The van der Waals surface area contributed by atoms with Crippen LogP contribution in [0.2, 0.25) is 0 Å². The monoisotopic (exact) mass is 328 g/mol. The number of carbonyl (C=O) groups excluding carboxylic acids is 1. The predicted octanol–water partition coefficient (Wildman–Crippen LogP) is 3.88. The minimum atomic E-state index is -0.0929. The van der Waals surface area contributed by atoms with E-state index in [2.05, 4.69) is 5.32 Å². The third kappa shape index (κ3) is 2.82. The Morgan fingerprint density at radius 3 is 2.59 bits per heavy atom. The summed E-state index contributed by atoms with van der Waals surface area (Å²) in [6.45, 7) is 4.03. The van der Waals surface area contributed by atoms with E-state index in [1.165, 1.54) is 4.88 Å². The fraction of sp³-hybridized carbons (Fsp3) is 0.176. The molecule has 3 nitrogen and oxygen atoms in total. The highest BCUT2D eigenvalue weighted by atomic mass is 32.1. The normalized spacial score (nSPS) is 17.9. The Morgan fingerprint density at radius 2 is 1.95 bits per heavy atom. The van der Waals surface area contributed by atoms with Crippen molar-refractivity contribution in [2.24, 2.45) is 0 Å². The molecule has 3 rings (SSSR count). The van der Waals surface area contributed by atoms with Crippen molar-refractivity contribution in [3.63, 3.8) is 0 Å². The summed E-state index contributed by atoms with van der Waals surface area (Å²) in [4.78, 5) is 16.6. The van der Waals surface area contributed by atoms with Crippen molar-refractivity contribution >= 4 is 40.7 Å². The number of amides is 1. The van der Waals surface area contributed by atoms with E-state index < -0.39 is 0 Å². The van der Waals surface area contributed by atoms with E-state index in [4.69, 9.17) is 12.2 Å². The molecule has 1 unspecified atom stereocenters. The number of benzene rings is 1. The standard InChI is InChI=1S/C17H16N2OS2/c1-11-8-9-14(22-11)10-15-16(20)19(17(21)18-15)12(2)13-6-4-3-5-7-13/h3-10,12H,1-2H3,(H,18,21)/b15-10-. The molecular weight excluding hydrogens is 312 g/mol. The quantitative estimate of drug-likeness (QED) is 0.685. The highest BCUT2D eigenvalue weighted by molar-refractivity contribution is 7.80. The molecule has 0 spiro atoms. The second-order valence-electron chi connectivity index (χ2n) is 5.20. The predicted molar refractivity (Wildman–Crippen MR) is 94.5 cm³/mol. The van der Waals surface area contributed by atoms with Gasteiger partial charge in [0.05, 0.1) is 6.04 Å². The number of carbonyl (C=O) groups is 1. The molecule has 2 heterocycles. The van der Waals surface area contributed by atoms with Gasteiger partial charge in [0, 0.05) is 9.75 Å². The van der Waals surface area contributed by atoms with Gasteiger partial charge in [0.1, 0.15) is 5.70 Å². The number of nitrogens with one attached hydrogen (secondary N) is 1. The lowest BCUT2D eigenvalue weighted by atomic mass is 10.1. The maximum Gasteiger partial charge on any atom is 0.277 e. The van der Waals surface area contributed by atoms with Crippen molar-refractivity contribution in [3.8, 4) is 0 Å². The van der Waals surface area contributed by atoms with Crippen LogP contribution in [-0.4, -0.2) is 15.9 Å². The number of thiocarbonyl (C=S) groups is 1. The van der Waals surface area contributed by atoms with Crippen LogP contribution in [0.15, 0.2) is 48.2 Å². The zero-order valence-electron chi connectivity index (χ0n) is 12.4. The van der Waals surface area contributed by atoms with E-state index in [0.717, 1.165) is 10.4 Å². The molecule has 1 N–H and O–H groups in total. The summed E-state index contributed by atoms with van der Waals surface area (Å²) in [6, 6.07) is 13.9. The summed E-state index contributed by atoms with van der Waals surface area (Å²) in [7, 11) is 0. The molecule has 1 aromatic carbocycles. The molecule has 1 aromatic heterocycles. The minimum Gasteiger partial charge on any atom is -0.328 e. The molecule has 0 bridgehead atoms. The van der Waals surface area contributed by atoms with Gasteiger partial charge >= 0.3 is 0 Å². The van der Waals surface area contributed by atoms with Gasteiger partial charge in [0.15, 0.2) is 5.11 Å².